The SMILES string of the molecule is COc1ccc(C[C@H]2c3ccccc3CN3c4ccccc4C(=O)N[C@H]23)cc1. The van der Waals surface area contributed by atoms with E-state index in [1.807, 2.05) is 30.3 Å². The minimum atomic E-state index is -0.0561. The Morgan fingerprint density at radius 1 is 1.00 bits per heavy atom. The molecule has 0 fully saturated rings. The van der Waals surface area contributed by atoms with E-state index in [9.17, 15) is 4.79 Å². The molecule has 0 saturated carbocycles. The van der Waals surface area contributed by atoms with Crippen molar-refractivity contribution in [1.29, 1.82) is 0 Å². The van der Waals surface area contributed by atoms with Gasteiger partial charge in [0.1, 0.15) is 11.9 Å². The van der Waals surface area contributed by atoms with E-state index in [4.69, 9.17) is 4.74 Å². The van der Waals surface area contributed by atoms with Crippen molar-refractivity contribution < 1.29 is 9.53 Å². The largest absolute Gasteiger partial charge is 0.497 e. The van der Waals surface area contributed by atoms with Crippen molar-refractivity contribution in [2.24, 2.45) is 0 Å². The summed E-state index contributed by atoms with van der Waals surface area (Å²) < 4.78 is 5.29. The van der Waals surface area contributed by atoms with Gasteiger partial charge in [0.25, 0.3) is 5.91 Å². The third kappa shape index (κ3) is 2.73. The maximum atomic E-state index is 12.8. The standard InChI is InChI=1S/C24H22N2O2/c1-28-18-12-10-16(11-13-18)14-21-19-7-3-2-6-17(19)15-26-22-9-5-4-8-20(22)24(27)25-23(21)26/h2-13,21,23H,14-15H2,1H3,(H,25,27)/t21-,23-/m0/s1. The fraction of sp³-hybridized carbons (Fsp3) is 0.208. The summed E-state index contributed by atoms with van der Waals surface area (Å²) in [5.74, 6) is 1.04. The number of ether oxygens (including phenoxy) is 1. The predicted molar refractivity (Wildman–Crippen MR) is 110 cm³/mol. The number of hydrogen-bond acceptors (Lipinski definition) is 3. The van der Waals surface area contributed by atoms with Crippen molar-refractivity contribution >= 4 is 11.6 Å². The van der Waals surface area contributed by atoms with Crippen LogP contribution in [0.2, 0.25) is 0 Å². The highest BCUT2D eigenvalue weighted by Crippen LogP contribution is 2.40. The molecule has 2 atom stereocenters. The molecule has 0 aliphatic carbocycles. The van der Waals surface area contributed by atoms with E-state index in [1.54, 1.807) is 7.11 Å². The van der Waals surface area contributed by atoms with Gasteiger partial charge in [0.2, 0.25) is 0 Å². The van der Waals surface area contributed by atoms with Gasteiger partial charge in [-0.15, -0.1) is 0 Å². The first-order chi connectivity index (χ1) is 13.7. The summed E-state index contributed by atoms with van der Waals surface area (Å²) in [5.41, 5.74) is 5.64. The maximum absolute atomic E-state index is 12.8. The van der Waals surface area contributed by atoms with Crippen molar-refractivity contribution in [2.45, 2.75) is 25.0 Å². The van der Waals surface area contributed by atoms with Crippen LogP contribution in [0, 0.1) is 0 Å². The lowest BCUT2D eigenvalue weighted by Crippen LogP contribution is -2.57. The smallest absolute Gasteiger partial charge is 0.254 e. The summed E-state index contributed by atoms with van der Waals surface area (Å²) in [7, 11) is 1.68. The summed E-state index contributed by atoms with van der Waals surface area (Å²) in [6, 6.07) is 24.7. The Labute approximate surface area is 164 Å². The van der Waals surface area contributed by atoms with Crippen LogP contribution in [0.1, 0.15) is 33.0 Å². The van der Waals surface area contributed by atoms with Gasteiger partial charge < -0.3 is 15.0 Å². The van der Waals surface area contributed by atoms with Gasteiger partial charge in [-0.3, -0.25) is 4.79 Å². The van der Waals surface area contributed by atoms with Crippen LogP contribution in [0.25, 0.3) is 0 Å². The van der Waals surface area contributed by atoms with E-state index >= 15 is 0 Å². The van der Waals surface area contributed by atoms with Gasteiger partial charge in [0.15, 0.2) is 0 Å². The fourth-order valence-electron chi connectivity index (χ4n) is 4.49. The van der Waals surface area contributed by atoms with Gasteiger partial charge in [-0.2, -0.15) is 0 Å². The van der Waals surface area contributed by atoms with E-state index < -0.39 is 0 Å². The van der Waals surface area contributed by atoms with Crippen molar-refractivity contribution in [3.8, 4) is 5.75 Å². The third-order valence-corrected chi connectivity index (χ3v) is 5.86. The lowest BCUT2D eigenvalue weighted by molar-refractivity contribution is 0.0916. The minimum absolute atomic E-state index is 0.0102. The Hall–Kier alpha value is -3.27. The molecule has 2 aliphatic heterocycles. The molecule has 0 saturated heterocycles. The first kappa shape index (κ1) is 16.9. The fourth-order valence-corrected chi connectivity index (χ4v) is 4.49. The number of carbonyl (C=O) groups excluding carboxylic acids is 1. The number of methoxy groups -OCH3 is 1. The highest BCUT2D eigenvalue weighted by atomic mass is 16.5. The average Bonchev–Trinajstić information content (AvgIpc) is 2.75. The molecule has 28 heavy (non-hydrogen) atoms. The predicted octanol–water partition coefficient (Wildman–Crippen LogP) is 4.11. The normalized spacial score (nSPS) is 19.9. The molecule has 2 heterocycles. The second-order valence-corrected chi connectivity index (χ2v) is 7.42. The summed E-state index contributed by atoms with van der Waals surface area (Å²) in [6.45, 7) is 0.803. The molecule has 0 aromatic heterocycles. The van der Waals surface area contributed by atoms with Gasteiger partial charge in [0.05, 0.1) is 18.4 Å². The molecule has 5 rings (SSSR count). The Balaban J connectivity index is 1.57. The lowest BCUT2D eigenvalue weighted by atomic mass is 9.81. The summed E-state index contributed by atoms with van der Waals surface area (Å²) in [4.78, 5) is 15.1. The number of para-hydroxylation sites is 1. The molecular weight excluding hydrogens is 348 g/mol. The Bertz CT molecular complexity index is 1030. The molecule has 1 N–H and O–H groups in total. The maximum Gasteiger partial charge on any atom is 0.254 e. The van der Waals surface area contributed by atoms with E-state index in [0.717, 1.165) is 30.0 Å². The van der Waals surface area contributed by atoms with E-state index in [1.165, 1.54) is 16.7 Å². The summed E-state index contributed by atoms with van der Waals surface area (Å²) in [6.07, 6.45) is 0.796. The molecule has 4 nitrogen and oxygen atoms in total. The molecule has 0 radical (unpaired) electrons. The van der Waals surface area contributed by atoms with Gasteiger partial charge in [0, 0.05) is 12.5 Å². The number of benzene rings is 3. The van der Waals surface area contributed by atoms with Crippen molar-refractivity contribution in [1.82, 2.24) is 5.32 Å². The van der Waals surface area contributed by atoms with Crippen LogP contribution >= 0.6 is 0 Å². The second-order valence-electron chi connectivity index (χ2n) is 7.42. The number of hydrogen-bond donors (Lipinski definition) is 1. The van der Waals surface area contributed by atoms with Crippen molar-refractivity contribution in [3.05, 3.63) is 95.1 Å². The van der Waals surface area contributed by atoms with Crippen LogP contribution < -0.4 is 15.0 Å². The van der Waals surface area contributed by atoms with Crippen LogP contribution in [0.4, 0.5) is 5.69 Å². The monoisotopic (exact) mass is 370 g/mol. The van der Waals surface area contributed by atoms with Crippen LogP contribution in [-0.4, -0.2) is 19.2 Å². The summed E-state index contributed by atoms with van der Waals surface area (Å²) >= 11 is 0. The Kier molecular flexibility index (Phi) is 4.05. The van der Waals surface area contributed by atoms with Crippen molar-refractivity contribution in [3.63, 3.8) is 0 Å². The van der Waals surface area contributed by atoms with Crippen LogP contribution in [0.5, 0.6) is 5.75 Å². The minimum Gasteiger partial charge on any atom is -0.497 e. The summed E-state index contributed by atoms with van der Waals surface area (Å²) in [5, 5.41) is 3.27. The number of rotatable bonds is 3. The number of anilines is 1. The zero-order valence-electron chi connectivity index (χ0n) is 15.8. The molecule has 3 aromatic rings. The second kappa shape index (κ2) is 6.71. The number of carbonyl (C=O) groups is 1. The van der Waals surface area contributed by atoms with E-state index in [0.29, 0.717) is 0 Å². The zero-order valence-corrected chi connectivity index (χ0v) is 15.8. The van der Waals surface area contributed by atoms with Gasteiger partial charge in [-0.1, -0.05) is 48.5 Å². The van der Waals surface area contributed by atoms with Gasteiger partial charge in [-0.25, -0.2) is 0 Å². The molecule has 140 valence electrons. The number of fused-ring (bicyclic) bond motifs is 4. The number of nitrogens with one attached hydrogen (secondary N) is 1. The van der Waals surface area contributed by atoms with E-state index in [-0.39, 0.29) is 18.0 Å². The third-order valence-electron chi connectivity index (χ3n) is 5.86. The molecule has 2 aliphatic rings. The van der Waals surface area contributed by atoms with Crippen LogP contribution in [-0.2, 0) is 13.0 Å². The number of nitrogens with zero attached hydrogens (tertiary/aromatic N) is 1. The molecule has 4 heteroatoms. The highest BCUT2D eigenvalue weighted by Gasteiger charge is 2.40. The highest BCUT2D eigenvalue weighted by molar-refractivity contribution is 6.02. The zero-order chi connectivity index (χ0) is 19.1. The van der Waals surface area contributed by atoms with Gasteiger partial charge in [-0.05, 0) is 47.4 Å². The number of amides is 1. The van der Waals surface area contributed by atoms with Gasteiger partial charge >= 0.3 is 0 Å². The molecule has 3 aromatic carbocycles. The van der Waals surface area contributed by atoms with Crippen molar-refractivity contribution in [2.75, 3.05) is 12.0 Å². The average molecular weight is 370 g/mol. The van der Waals surface area contributed by atoms with Crippen LogP contribution in [0.3, 0.4) is 0 Å². The molecule has 0 spiro atoms. The first-order valence-electron chi connectivity index (χ1n) is 9.62. The molecule has 0 unspecified atom stereocenters. The first-order valence-corrected chi connectivity index (χ1v) is 9.62. The topological polar surface area (TPSA) is 41.6 Å². The van der Waals surface area contributed by atoms with Crippen LogP contribution in [0.15, 0.2) is 72.8 Å². The Morgan fingerprint density at radius 3 is 2.57 bits per heavy atom. The Morgan fingerprint density at radius 2 is 1.75 bits per heavy atom. The molecular formula is C24H22N2O2. The molecule has 0 bridgehead atoms. The van der Waals surface area contributed by atoms with E-state index in [2.05, 4.69) is 52.7 Å². The quantitative estimate of drug-likeness (QED) is 0.754. The molecule has 1 amide bonds. The lowest BCUT2D eigenvalue weighted by Gasteiger charge is -2.47.